The lowest BCUT2D eigenvalue weighted by atomic mass is 10.0. The summed E-state index contributed by atoms with van der Waals surface area (Å²) in [4.78, 5) is 20.0. The average molecular weight is 348 g/mol. The van der Waals surface area contributed by atoms with Crippen LogP contribution in [0.5, 0.6) is 17.2 Å². The van der Waals surface area contributed by atoms with Crippen molar-refractivity contribution in [2.45, 2.75) is 37.8 Å². The standard InChI is InChI=1S/C18H24N2O5/c1-20-13-5-6-14(20)10-12(9-13)19-25-18(21)11-7-15(22-2)17(24-4)16(8-11)23-3/h7-8,13-14H,5-6,9-10H2,1-4H3/t13-,14+. The van der Waals surface area contributed by atoms with E-state index in [2.05, 4.69) is 17.1 Å². The fourth-order valence-electron chi connectivity index (χ4n) is 3.64. The molecule has 2 aliphatic rings. The molecule has 0 amide bonds. The summed E-state index contributed by atoms with van der Waals surface area (Å²) in [6, 6.07) is 4.14. The molecule has 1 aromatic rings. The van der Waals surface area contributed by atoms with Crippen LogP contribution in [-0.4, -0.2) is 57.0 Å². The van der Waals surface area contributed by atoms with Gasteiger partial charge in [-0.15, -0.1) is 0 Å². The summed E-state index contributed by atoms with van der Waals surface area (Å²) in [5.74, 6) is 0.690. The van der Waals surface area contributed by atoms with Gasteiger partial charge >= 0.3 is 5.97 Å². The number of methoxy groups -OCH3 is 3. The van der Waals surface area contributed by atoms with Crippen molar-refractivity contribution in [3.63, 3.8) is 0 Å². The van der Waals surface area contributed by atoms with Gasteiger partial charge in [-0.3, -0.25) is 4.90 Å². The Morgan fingerprint density at radius 2 is 1.60 bits per heavy atom. The Morgan fingerprint density at radius 1 is 1.04 bits per heavy atom. The molecule has 3 rings (SSSR count). The Balaban J connectivity index is 1.74. The van der Waals surface area contributed by atoms with Gasteiger partial charge in [-0.2, -0.15) is 0 Å². The minimum absolute atomic E-state index is 0.301. The SMILES string of the molecule is COc1cc(C(=O)ON=C2C[C@H]3CC[C@@H](C2)N3C)cc(OC)c1OC. The molecular weight excluding hydrogens is 324 g/mol. The molecule has 0 spiro atoms. The lowest BCUT2D eigenvalue weighted by Gasteiger charge is -2.31. The van der Waals surface area contributed by atoms with Gasteiger partial charge in [0.15, 0.2) is 11.5 Å². The number of rotatable bonds is 5. The number of fused-ring (bicyclic) bond motifs is 2. The topological polar surface area (TPSA) is 69.6 Å². The predicted molar refractivity (Wildman–Crippen MR) is 92.8 cm³/mol. The molecule has 2 saturated heterocycles. The zero-order valence-corrected chi connectivity index (χ0v) is 15.1. The normalized spacial score (nSPS) is 24.2. The number of nitrogens with zero attached hydrogens (tertiary/aromatic N) is 2. The van der Waals surface area contributed by atoms with Gasteiger partial charge in [-0.25, -0.2) is 4.79 Å². The highest BCUT2D eigenvalue weighted by atomic mass is 16.7. The quantitative estimate of drug-likeness (QED) is 0.601. The molecule has 7 nitrogen and oxygen atoms in total. The van der Waals surface area contributed by atoms with Crippen molar-refractivity contribution in [1.29, 1.82) is 0 Å². The smallest absolute Gasteiger partial charge is 0.365 e. The highest BCUT2D eigenvalue weighted by molar-refractivity contribution is 5.92. The number of hydrogen-bond donors (Lipinski definition) is 0. The highest BCUT2D eigenvalue weighted by Crippen LogP contribution is 2.38. The second-order valence-electron chi connectivity index (χ2n) is 6.41. The zero-order chi connectivity index (χ0) is 18.0. The van der Waals surface area contributed by atoms with Gasteiger partial charge in [0.2, 0.25) is 5.75 Å². The molecule has 25 heavy (non-hydrogen) atoms. The van der Waals surface area contributed by atoms with E-state index in [0.717, 1.165) is 18.6 Å². The van der Waals surface area contributed by atoms with Gasteiger partial charge in [0.25, 0.3) is 0 Å². The molecule has 0 saturated carbocycles. The third-order valence-electron chi connectivity index (χ3n) is 5.09. The average Bonchev–Trinajstić information content (AvgIpc) is 2.85. The van der Waals surface area contributed by atoms with Crippen molar-refractivity contribution in [2.75, 3.05) is 28.4 Å². The summed E-state index contributed by atoms with van der Waals surface area (Å²) in [5, 5.41) is 4.12. The van der Waals surface area contributed by atoms with Crippen LogP contribution in [0.4, 0.5) is 0 Å². The van der Waals surface area contributed by atoms with Crippen LogP contribution in [-0.2, 0) is 4.84 Å². The number of hydrogen-bond acceptors (Lipinski definition) is 7. The summed E-state index contributed by atoms with van der Waals surface area (Å²) in [5.41, 5.74) is 1.25. The molecule has 136 valence electrons. The minimum atomic E-state index is -0.543. The molecule has 2 atom stereocenters. The van der Waals surface area contributed by atoms with Crippen molar-refractivity contribution < 1.29 is 23.8 Å². The third-order valence-corrected chi connectivity index (χ3v) is 5.09. The van der Waals surface area contributed by atoms with E-state index in [1.807, 2.05) is 0 Å². The van der Waals surface area contributed by atoms with E-state index in [-0.39, 0.29) is 0 Å². The fourth-order valence-corrected chi connectivity index (χ4v) is 3.64. The predicted octanol–water partition coefficient (Wildman–Crippen LogP) is 2.48. The van der Waals surface area contributed by atoms with Crippen LogP contribution in [0, 0.1) is 0 Å². The molecular formula is C18H24N2O5. The number of ether oxygens (including phenoxy) is 3. The summed E-state index contributed by atoms with van der Waals surface area (Å²) >= 11 is 0. The maximum absolute atomic E-state index is 12.4. The molecule has 0 radical (unpaired) electrons. The second kappa shape index (κ2) is 7.31. The van der Waals surface area contributed by atoms with Gasteiger partial charge in [0.05, 0.1) is 32.6 Å². The first kappa shape index (κ1) is 17.5. The third kappa shape index (κ3) is 3.42. The van der Waals surface area contributed by atoms with Crippen molar-refractivity contribution in [3.8, 4) is 17.2 Å². The van der Waals surface area contributed by atoms with E-state index >= 15 is 0 Å². The number of benzene rings is 1. The Morgan fingerprint density at radius 3 is 2.08 bits per heavy atom. The lowest BCUT2D eigenvalue weighted by Crippen LogP contribution is -2.40. The van der Waals surface area contributed by atoms with Crippen LogP contribution in [0.15, 0.2) is 17.3 Å². The molecule has 0 aliphatic carbocycles. The number of piperidine rings is 1. The zero-order valence-electron chi connectivity index (χ0n) is 15.1. The molecule has 0 unspecified atom stereocenters. The highest BCUT2D eigenvalue weighted by Gasteiger charge is 2.37. The number of carbonyl (C=O) groups excluding carboxylic acids is 1. The summed E-state index contributed by atoms with van der Waals surface area (Å²) in [6.07, 6.45) is 4.08. The number of oxime groups is 1. The van der Waals surface area contributed by atoms with Crippen molar-refractivity contribution in [3.05, 3.63) is 17.7 Å². The van der Waals surface area contributed by atoms with E-state index in [1.54, 1.807) is 12.1 Å². The van der Waals surface area contributed by atoms with Gasteiger partial charge in [-0.1, -0.05) is 5.16 Å². The molecule has 0 N–H and O–H groups in total. The fraction of sp³-hybridized carbons (Fsp3) is 0.556. The second-order valence-corrected chi connectivity index (χ2v) is 6.41. The van der Waals surface area contributed by atoms with E-state index in [0.29, 0.717) is 34.9 Å². The Labute approximate surface area is 147 Å². The van der Waals surface area contributed by atoms with Crippen molar-refractivity contribution >= 4 is 11.7 Å². The van der Waals surface area contributed by atoms with E-state index < -0.39 is 5.97 Å². The van der Waals surface area contributed by atoms with Gasteiger partial charge in [0, 0.05) is 24.9 Å². The summed E-state index contributed by atoms with van der Waals surface area (Å²) in [6.45, 7) is 0. The first-order valence-corrected chi connectivity index (χ1v) is 8.36. The number of carbonyl (C=O) groups is 1. The van der Waals surface area contributed by atoms with Crippen molar-refractivity contribution in [1.82, 2.24) is 4.90 Å². The molecule has 7 heteroatoms. The summed E-state index contributed by atoms with van der Waals surface area (Å²) < 4.78 is 15.8. The largest absolute Gasteiger partial charge is 0.493 e. The van der Waals surface area contributed by atoms with Crippen LogP contribution in [0.25, 0.3) is 0 Å². The molecule has 1 aromatic carbocycles. The monoisotopic (exact) mass is 348 g/mol. The minimum Gasteiger partial charge on any atom is -0.493 e. The van der Waals surface area contributed by atoms with Crippen LogP contribution in [0.1, 0.15) is 36.0 Å². The lowest BCUT2D eigenvalue weighted by molar-refractivity contribution is 0.0509. The Kier molecular flexibility index (Phi) is 5.13. The van der Waals surface area contributed by atoms with Gasteiger partial charge < -0.3 is 19.0 Å². The van der Waals surface area contributed by atoms with Crippen LogP contribution < -0.4 is 14.2 Å². The molecule has 2 fully saturated rings. The van der Waals surface area contributed by atoms with Crippen LogP contribution in [0.2, 0.25) is 0 Å². The maximum Gasteiger partial charge on any atom is 0.365 e. The first-order valence-electron chi connectivity index (χ1n) is 8.36. The molecule has 0 aromatic heterocycles. The Hall–Kier alpha value is -2.28. The van der Waals surface area contributed by atoms with Gasteiger partial charge in [-0.05, 0) is 32.0 Å². The van der Waals surface area contributed by atoms with Gasteiger partial charge in [0.1, 0.15) is 0 Å². The molecule has 2 bridgehead atoms. The van der Waals surface area contributed by atoms with E-state index in [1.165, 1.54) is 34.2 Å². The van der Waals surface area contributed by atoms with Crippen molar-refractivity contribution in [2.24, 2.45) is 5.16 Å². The Bertz CT molecular complexity index is 647. The maximum atomic E-state index is 12.4. The van der Waals surface area contributed by atoms with Crippen LogP contribution in [0.3, 0.4) is 0 Å². The van der Waals surface area contributed by atoms with E-state index in [4.69, 9.17) is 19.0 Å². The van der Waals surface area contributed by atoms with Crippen LogP contribution >= 0.6 is 0 Å². The molecule has 2 heterocycles. The summed E-state index contributed by atoms with van der Waals surface area (Å²) in [7, 11) is 6.67. The molecule has 2 aliphatic heterocycles. The van der Waals surface area contributed by atoms with E-state index in [9.17, 15) is 4.79 Å². The first-order chi connectivity index (χ1) is 12.1.